The van der Waals surface area contributed by atoms with Crippen LogP contribution in [-0.4, -0.2) is 81.8 Å². The van der Waals surface area contributed by atoms with Gasteiger partial charge in [0.05, 0.1) is 6.42 Å². The van der Waals surface area contributed by atoms with Gasteiger partial charge in [-0.05, 0) is 43.5 Å². The maximum Gasteiger partial charge on any atom is 0.305 e. The minimum atomic E-state index is -1.42. The first-order chi connectivity index (χ1) is 19.2. The van der Waals surface area contributed by atoms with Crippen LogP contribution in [0.2, 0.25) is 0 Å². The Bertz CT molecular complexity index is 1270. The maximum atomic E-state index is 13.6. The predicted molar refractivity (Wildman–Crippen MR) is 140 cm³/mol. The number of benzene rings is 2. The monoisotopic (exact) mass is 550 g/mol. The summed E-state index contributed by atoms with van der Waals surface area (Å²) in [5.41, 5.74) is 0.336. The molecule has 12 heteroatoms. The number of fused-ring (bicyclic) bond motifs is 1. The lowest BCUT2D eigenvalue weighted by Gasteiger charge is -2.43. The zero-order valence-electron chi connectivity index (χ0n) is 21.7. The molecule has 12 nitrogen and oxygen atoms in total. The molecule has 210 valence electrons. The van der Waals surface area contributed by atoms with Crippen LogP contribution in [0.3, 0.4) is 0 Å². The van der Waals surface area contributed by atoms with E-state index >= 15 is 0 Å². The molecular weight excluding hydrogens is 520 g/mol. The van der Waals surface area contributed by atoms with Gasteiger partial charge in [-0.2, -0.15) is 0 Å². The fourth-order valence-corrected chi connectivity index (χ4v) is 4.70. The zero-order valence-corrected chi connectivity index (χ0v) is 21.7. The van der Waals surface area contributed by atoms with Gasteiger partial charge in [-0.15, -0.1) is 0 Å². The third-order valence-corrected chi connectivity index (χ3v) is 6.71. The number of hydrogen-bond acceptors (Lipinski definition) is 7. The summed E-state index contributed by atoms with van der Waals surface area (Å²) in [5.74, 6) is -3.87. The second-order valence-electron chi connectivity index (χ2n) is 9.52. The number of carboxylic acid groups (broad SMARTS) is 1. The lowest BCUT2D eigenvalue weighted by molar-refractivity contribution is -0.176. The first kappa shape index (κ1) is 28.3. The average molecular weight is 551 g/mol. The highest BCUT2D eigenvalue weighted by Gasteiger charge is 2.45. The number of para-hydroxylation sites is 1. The van der Waals surface area contributed by atoms with Gasteiger partial charge in [0.2, 0.25) is 11.8 Å². The standard InChI is InChI=1S/C28H30N4O8/c33-23(17-40-19-10-5-2-6-11-19)21(16-25(35)36)30-27(38)22-12-7-15-31-24(34)14-13-20(28(39)32(22)31)29-26(37)18-8-3-1-4-9-18/h1-6,8-11,20-22H,7,12-17H2,(H,29,37)(H,30,38)(H,35,36). The number of nitrogens with zero attached hydrogens (tertiary/aromatic N) is 2. The predicted octanol–water partition coefficient (Wildman–Crippen LogP) is 0.921. The Hall–Kier alpha value is -4.74. The second-order valence-corrected chi connectivity index (χ2v) is 9.52. The van der Waals surface area contributed by atoms with Crippen molar-refractivity contribution in [1.82, 2.24) is 20.7 Å². The van der Waals surface area contributed by atoms with Crippen LogP contribution < -0.4 is 15.4 Å². The van der Waals surface area contributed by atoms with Gasteiger partial charge in [0, 0.05) is 18.5 Å². The average Bonchev–Trinajstić information content (AvgIpc) is 3.08. The van der Waals surface area contributed by atoms with Gasteiger partial charge >= 0.3 is 5.97 Å². The molecule has 0 radical (unpaired) electrons. The highest BCUT2D eigenvalue weighted by Crippen LogP contribution is 2.25. The van der Waals surface area contributed by atoms with E-state index in [4.69, 9.17) is 4.74 Å². The maximum absolute atomic E-state index is 13.6. The van der Waals surface area contributed by atoms with Crippen molar-refractivity contribution in [2.24, 2.45) is 0 Å². The molecule has 2 fully saturated rings. The van der Waals surface area contributed by atoms with E-state index in [1.165, 1.54) is 5.01 Å². The van der Waals surface area contributed by atoms with E-state index in [2.05, 4.69) is 10.6 Å². The Morgan fingerprint density at radius 3 is 2.33 bits per heavy atom. The summed E-state index contributed by atoms with van der Waals surface area (Å²) in [6.07, 6.45) is -0.0813. The topological polar surface area (TPSA) is 162 Å². The molecule has 3 unspecified atom stereocenters. The summed E-state index contributed by atoms with van der Waals surface area (Å²) in [5, 5.41) is 16.7. The highest BCUT2D eigenvalue weighted by atomic mass is 16.5. The fraction of sp³-hybridized carbons (Fsp3) is 0.357. The molecule has 2 aliphatic heterocycles. The molecule has 3 atom stereocenters. The van der Waals surface area contributed by atoms with Crippen LogP contribution in [0.25, 0.3) is 0 Å². The largest absolute Gasteiger partial charge is 0.486 e. The third-order valence-electron chi connectivity index (χ3n) is 6.71. The molecule has 4 rings (SSSR count). The van der Waals surface area contributed by atoms with E-state index in [-0.39, 0.29) is 31.7 Å². The number of hydrogen-bond donors (Lipinski definition) is 3. The first-order valence-corrected chi connectivity index (χ1v) is 13.0. The van der Waals surface area contributed by atoms with Crippen LogP contribution in [0.5, 0.6) is 5.75 Å². The Morgan fingerprint density at radius 1 is 0.975 bits per heavy atom. The molecule has 0 aliphatic carbocycles. The second kappa shape index (κ2) is 12.9. The van der Waals surface area contributed by atoms with Crippen LogP contribution >= 0.6 is 0 Å². The number of carbonyl (C=O) groups excluding carboxylic acids is 5. The van der Waals surface area contributed by atoms with Crippen molar-refractivity contribution in [3.05, 3.63) is 66.2 Å². The summed E-state index contributed by atoms with van der Waals surface area (Å²) < 4.78 is 5.43. The van der Waals surface area contributed by atoms with Gasteiger partial charge in [0.1, 0.15) is 30.5 Å². The lowest BCUT2D eigenvalue weighted by Crippen LogP contribution is -2.64. The van der Waals surface area contributed by atoms with Crippen molar-refractivity contribution in [2.75, 3.05) is 13.2 Å². The molecule has 2 heterocycles. The van der Waals surface area contributed by atoms with E-state index < -0.39 is 60.6 Å². The smallest absolute Gasteiger partial charge is 0.305 e. The Balaban J connectivity index is 1.50. The van der Waals surface area contributed by atoms with Crippen LogP contribution in [0.1, 0.15) is 42.5 Å². The van der Waals surface area contributed by atoms with E-state index in [9.17, 15) is 33.9 Å². The number of amides is 4. The Morgan fingerprint density at radius 2 is 1.65 bits per heavy atom. The summed E-state index contributed by atoms with van der Waals surface area (Å²) in [4.78, 5) is 77.0. The lowest BCUT2D eigenvalue weighted by atomic mass is 10.0. The molecule has 2 aromatic carbocycles. The quantitative estimate of drug-likeness (QED) is 0.393. The van der Waals surface area contributed by atoms with E-state index in [0.29, 0.717) is 17.7 Å². The van der Waals surface area contributed by atoms with Crippen LogP contribution in [0.4, 0.5) is 0 Å². The number of carboxylic acids is 1. The summed E-state index contributed by atoms with van der Waals surface area (Å²) in [6.45, 7) is -0.274. The van der Waals surface area contributed by atoms with Crippen LogP contribution in [-0.2, 0) is 24.0 Å². The number of carbonyl (C=O) groups is 6. The minimum Gasteiger partial charge on any atom is -0.486 e. The zero-order chi connectivity index (χ0) is 28.6. The third kappa shape index (κ3) is 6.82. The summed E-state index contributed by atoms with van der Waals surface area (Å²) in [7, 11) is 0. The summed E-state index contributed by atoms with van der Waals surface area (Å²) >= 11 is 0. The first-order valence-electron chi connectivity index (χ1n) is 13.0. The number of hydrazine groups is 1. The minimum absolute atomic E-state index is 0.0206. The van der Waals surface area contributed by atoms with Crippen molar-refractivity contribution in [1.29, 1.82) is 0 Å². The van der Waals surface area contributed by atoms with Crippen molar-refractivity contribution in [3.63, 3.8) is 0 Å². The number of Topliss-reactive ketones (excluding diaryl/α,β-unsaturated/α-hetero) is 1. The number of ketones is 1. The van der Waals surface area contributed by atoms with Crippen LogP contribution in [0, 0.1) is 0 Å². The molecule has 4 amide bonds. The number of aliphatic carboxylic acids is 1. The van der Waals surface area contributed by atoms with Gasteiger partial charge in [-0.3, -0.25) is 33.8 Å². The van der Waals surface area contributed by atoms with Gasteiger partial charge in [0.25, 0.3) is 11.8 Å². The van der Waals surface area contributed by atoms with Crippen molar-refractivity contribution in [3.8, 4) is 5.75 Å². The molecule has 0 aromatic heterocycles. The van der Waals surface area contributed by atoms with Gasteiger partial charge in [0.15, 0.2) is 5.78 Å². The van der Waals surface area contributed by atoms with Gasteiger partial charge < -0.3 is 20.5 Å². The molecule has 0 bridgehead atoms. The highest BCUT2D eigenvalue weighted by molar-refractivity contribution is 6.00. The molecule has 2 aromatic rings. The Kier molecular flexibility index (Phi) is 9.10. The number of rotatable bonds is 10. The van der Waals surface area contributed by atoms with Crippen LogP contribution in [0.15, 0.2) is 60.7 Å². The summed E-state index contributed by atoms with van der Waals surface area (Å²) in [6, 6.07) is 13.1. The molecule has 0 saturated carbocycles. The number of nitrogens with one attached hydrogen (secondary N) is 2. The fourth-order valence-electron chi connectivity index (χ4n) is 4.70. The van der Waals surface area contributed by atoms with E-state index in [1.807, 2.05) is 0 Å². The van der Waals surface area contributed by atoms with E-state index in [0.717, 1.165) is 5.01 Å². The van der Waals surface area contributed by atoms with Crippen molar-refractivity contribution >= 4 is 35.4 Å². The SMILES string of the molecule is O=C(O)CC(NC(=O)C1CCCN2C(=O)CCC(NC(=O)c3ccccc3)C(=O)N12)C(=O)COc1ccccc1. The Labute approximate surface area is 230 Å². The number of ether oxygens (including phenoxy) is 1. The van der Waals surface area contributed by atoms with Gasteiger partial charge in [-0.1, -0.05) is 36.4 Å². The van der Waals surface area contributed by atoms with E-state index in [1.54, 1.807) is 60.7 Å². The molecule has 40 heavy (non-hydrogen) atoms. The van der Waals surface area contributed by atoms with Gasteiger partial charge in [-0.25, -0.2) is 5.01 Å². The molecule has 0 spiro atoms. The molecule has 3 N–H and O–H groups in total. The molecular formula is C28H30N4O8. The molecule has 2 aliphatic rings. The van der Waals surface area contributed by atoms with Crippen molar-refractivity contribution < 1.29 is 38.6 Å². The molecule has 2 saturated heterocycles. The van der Waals surface area contributed by atoms with Crippen molar-refractivity contribution in [2.45, 2.75) is 50.2 Å². The normalized spacial score (nSPS) is 19.6.